The molecule has 33 heavy (non-hydrogen) atoms. The van der Waals surface area contributed by atoms with Gasteiger partial charge in [0.25, 0.3) is 0 Å². The van der Waals surface area contributed by atoms with Crippen LogP contribution in [0.2, 0.25) is 0 Å². The van der Waals surface area contributed by atoms with Crippen molar-refractivity contribution in [2.75, 3.05) is 0 Å². The molecule has 0 saturated carbocycles. The van der Waals surface area contributed by atoms with Crippen LogP contribution < -0.4 is 31.9 Å². The largest absolute Gasteiger partial charge is 0.297 e. The summed E-state index contributed by atoms with van der Waals surface area (Å²) in [6.07, 6.45) is 0.662. The highest BCUT2D eigenvalue weighted by atomic mass is 15.7. The van der Waals surface area contributed by atoms with Gasteiger partial charge in [-0.15, -0.1) is 0 Å². The molecular weight excluding hydrogens is 420 g/mol. The molecule has 12 atom stereocenters. The highest BCUT2D eigenvalue weighted by molar-refractivity contribution is 6.19. The molecule has 0 bridgehead atoms. The van der Waals surface area contributed by atoms with Gasteiger partial charge in [0.2, 0.25) is 17.9 Å². The average molecular weight is 457 g/mol. The Kier molecular flexibility index (Phi) is 4.27. The second kappa shape index (κ2) is 6.86. The van der Waals surface area contributed by atoms with Crippen LogP contribution in [0, 0.1) is 0 Å². The molecule has 7 heterocycles. The first-order valence-electron chi connectivity index (χ1n) is 12.5. The zero-order valence-electron chi connectivity index (χ0n) is 20.1. The maximum Gasteiger partial charge on any atom is 0.213 e. The summed E-state index contributed by atoms with van der Waals surface area (Å²) in [5.41, 5.74) is 0. The second-order valence-electron chi connectivity index (χ2n) is 10.7. The molecule has 7 aliphatic rings. The maximum atomic E-state index is 5.27. The maximum absolute atomic E-state index is 5.27. The van der Waals surface area contributed by atoms with Gasteiger partial charge in [-0.1, -0.05) is 0 Å². The number of nitrogens with zero attached hydrogens (tertiary/aromatic N) is 6. The van der Waals surface area contributed by atoms with E-state index in [1.807, 2.05) is 0 Å². The summed E-state index contributed by atoms with van der Waals surface area (Å²) in [5.74, 6) is 2.91. The van der Waals surface area contributed by atoms with Gasteiger partial charge in [0.15, 0.2) is 0 Å². The lowest BCUT2D eigenvalue weighted by atomic mass is 10.0. The predicted molar refractivity (Wildman–Crippen MR) is 126 cm³/mol. The Morgan fingerprint density at radius 1 is 0.455 bits per heavy atom. The topological polar surface area (TPSA) is 119 Å². The van der Waals surface area contributed by atoms with Crippen molar-refractivity contribution in [3.8, 4) is 0 Å². The molecule has 12 nitrogen and oxygen atoms in total. The molecule has 0 aromatic heterocycles. The third kappa shape index (κ3) is 2.70. The van der Waals surface area contributed by atoms with Gasteiger partial charge in [-0.05, 0) is 41.5 Å². The molecule has 7 rings (SSSR count). The summed E-state index contributed by atoms with van der Waals surface area (Å²) in [6, 6.07) is 1.24. The first-order chi connectivity index (χ1) is 15.8. The van der Waals surface area contributed by atoms with Crippen molar-refractivity contribution in [3.05, 3.63) is 0 Å². The molecule has 12 heteroatoms. The molecule has 12 unspecified atom stereocenters. The Morgan fingerprint density at radius 3 is 1.00 bits per heavy atom. The molecule has 7 aliphatic heterocycles. The summed E-state index contributed by atoms with van der Waals surface area (Å²) in [4.78, 5) is 22.9. The van der Waals surface area contributed by atoms with E-state index in [-0.39, 0.29) is 73.2 Å². The van der Waals surface area contributed by atoms with Crippen LogP contribution >= 0.6 is 0 Å². The van der Waals surface area contributed by atoms with Crippen molar-refractivity contribution in [1.29, 1.82) is 0 Å². The molecule has 180 valence electrons. The number of nitrogens with one attached hydrogen (secondary N) is 6. The van der Waals surface area contributed by atoms with Crippen molar-refractivity contribution in [2.45, 2.75) is 115 Å². The van der Waals surface area contributed by atoms with E-state index in [0.29, 0.717) is 0 Å². The van der Waals surface area contributed by atoms with Crippen LogP contribution in [-0.2, 0) is 0 Å². The van der Waals surface area contributed by atoms with Gasteiger partial charge >= 0.3 is 0 Å². The molecule has 0 aromatic rings. The Hall–Kier alpha value is -1.83. The van der Waals surface area contributed by atoms with Crippen LogP contribution in [0.1, 0.15) is 41.5 Å². The van der Waals surface area contributed by atoms with Crippen LogP contribution in [0.3, 0.4) is 0 Å². The fourth-order valence-electron chi connectivity index (χ4n) is 7.11. The summed E-state index contributed by atoms with van der Waals surface area (Å²) < 4.78 is 0. The lowest BCUT2D eigenvalue weighted by Crippen LogP contribution is -2.76. The zero-order valence-corrected chi connectivity index (χ0v) is 20.1. The Bertz CT molecular complexity index is 811. The van der Waals surface area contributed by atoms with E-state index < -0.39 is 0 Å². The Morgan fingerprint density at radius 2 is 0.727 bits per heavy atom. The molecule has 0 aliphatic carbocycles. The molecule has 0 spiro atoms. The third-order valence-electron chi connectivity index (χ3n) is 8.26. The first-order valence-corrected chi connectivity index (χ1v) is 12.5. The van der Waals surface area contributed by atoms with E-state index in [1.165, 1.54) is 0 Å². The quantitative estimate of drug-likeness (QED) is 0.243. The van der Waals surface area contributed by atoms with Gasteiger partial charge in [-0.2, -0.15) is 0 Å². The van der Waals surface area contributed by atoms with Crippen molar-refractivity contribution in [3.63, 3.8) is 0 Å². The summed E-state index contributed by atoms with van der Waals surface area (Å²) in [7, 11) is 0. The van der Waals surface area contributed by atoms with Crippen molar-refractivity contribution < 1.29 is 0 Å². The molecule has 0 radical (unpaired) electrons. The minimum atomic E-state index is 0.0120. The standard InChI is InChI=1S/C21H36N12/c1-7-13-16(25-10(4)22-7)28-19-31(13)20-29-17-14(8(2)23-11(5)26-17)33(20)21-30-18-15(32(19)21)9(3)24-12(6)27-18/h7-18,22-27H,1-6H3. The lowest BCUT2D eigenvalue weighted by molar-refractivity contribution is 0.147. The molecular formula is C21H36N12. The van der Waals surface area contributed by atoms with E-state index in [9.17, 15) is 0 Å². The number of rotatable bonds is 0. The molecule has 6 N–H and O–H groups in total. The van der Waals surface area contributed by atoms with Crippen LogP contribution in [-0.4, -0.2) is 106 Å². The highest BCUT2D eigenvalue weighted by Gasteiger charge is 2.62. The molecule has 4 saturated heterocycles. The monoisotopic (exact) mass is 456 g/mol. The normalized spacial score (nSPS) is 52.2. The number of guanidine groups is 3. The van der Waals surface area contributed by atoms with Crippen molar-refractivity contribution in [1.82, 2.24) is 46.6 Å². The lowest BCUT2D eigenvalue weighted by Gasteiger charge is -2.51. The van der Waals surface area contributed by atoms with E-state index >= 15 is 0 Å². The van der Waals surface area contributed by atoms with E-state index in [0.717, 1.165) is 17.9 Å². The summed E-state index contributed by atoms with van der Waals surface area (Å²) in [6.45, 7) is 13.3. The van der Waals surface area contributed by atoms with E-state index in [2.05, 4.69) is 88.1 Å². The van der Waals surface area contributed by atoms with Gasteiger partial charge in [-0.3, -0.25) is 46.6 Å². The van der Waals surface area contributed by atoms with Gasteiger partial charge < -0.3 is 0 Å². The van der Waals surface area contributed by atoms with Gasteiger partial charge in [0, 0.05) is 18.1 Å². The SMILES string of the molecule is CC1NC(C)C2C(N=C3N2C2=NC4NC(C)NC(C)C4N2C2=NC4NC(C)NC(C)C4N32)N1. The third-order valence-corrected chi connectivity index (χ3v) is 8.26. The minimum Gasteiger partial charge on any atom is -0.297 e. The number of aliphatic imine (C=N–C) groups is 3. The number of fused-ring (bicyclic) bond motifs is 12. The van der Waals surface area contributed by atoms with Crippen LogP contribution in [0.25, 0.3) is 0 Å². The smallest absolute Gasteiger partial charge is 0.213 e. The molecule has 0 amide bonds. The minimum absolute atomic E-state index is 0.0120. The fraction of sp³-hybridized carbons (Fsp3) is 0.857. The van der Waals surface area contributed by atoms with Crippen molar-refractivity contribution >= 4 is 17.9 Å². The predicted octanol–water partition coefficient (Wildman–Crippen LogP) is -2.12. The number of hydrogen-bond acceptors (Lipinski definition) is 12. The van der Waals surface area contributed by atoms with Gasteiger partial charge in [-0.25, -0.2) is 15.0 Å². The summed E-state index contributed by atoms with van der Waals surface area (Å²) >= 11 is 0. The van der Waals surface area contributed by atoms with E-state index in [4.69, 9.17) is 15.0 Å². The van der Waals surface area contributed by atoms with E-state index in [1.54, 1.807) is 0 Å². The van der Waals surface area contributed by atoms with Gasteiger partial charge in [0.1, 0.15) is 18.5 Å². The van der Waals surface area contributed by atoms with Gasteiger partial charge in [0.05, 0.1) is 36.6 Å². The molecule has 0 aromatic carbocycles. The second-order valence-corrected chi connectivity index (χ2v) is 10.7. The van der Waals surface area contributed by atoms with Crippen molar-refractivity contribution in [2.24, 2.45) is 15.0 Å². The molecule has 4 fully saturated rings. The van der Waals surface area contributed by atoms with Crippen LogP contribution in [0.4, 0.5) is 0 Å². The first kappa shape index (κ1) is 20.5. The Balaban J connectivity index is 1.37. The average Bonchev–Trinajstić information content (AvgIpc) is 3.37. The van der Waals surface area contributed by atoms with Crippen LogP contribution in [0.5, 0.6) is 0 Å². The fourth-order valence-corrected chi connectivity index (χ4v) is 7.11. The highest BCUT2D eigenvalue weighted by Crippen LogP contribution is 2.40. The zero-order chi connectivity index (χ0) is 22.8. The summed E-state index contributed by atoms with van der Waals surface area (Å²) in [5, 5.41) is 22.0. The van der Waals surface area contributed by atoms with Crippen LogP contribution in [0.15, 0.2) is 15.0 Å². The number of hydrogen-bond donors (Lipinski definition) is 6. The Labute approximate surface area is 194 Å².